The molecule has 84 valence electrons. The standard InChI is InChI=1S/C12H12Cl2N2/c13-10-4-3-9(12(14)6-10)8-16-5-1-2-11(16)7-15/h1-6H,7-8,15H2. The Labute approximate surface area is 105 Å². The average molecular weight is 255 g/mol. The smallest absolute Gasteiger partial charge is 0.0488 e. The monoisotopic (exact) mass is 254 g/mol. The van der Waals surface area contributed by atoms with Crippen LogP contribution in [0.3, 0.4) is 0 Å². The summed E-state index contributed by atoms with van der Waals surface area (Å²) in [5, 5.41) is 1.34. The van der Waals surface area contributed by atoms with Gasteiger partial charge in [-0.25, -0.2) is 0 Å². The van der Waals surface area contributed by atoms with Gasteiger partial charge in [-0.15, -0.1) is 0 Å². The second-order valence-corrected chi connectivity index (χ2v) is 4.41. The summed E-state index contributed by atoms with van der Waals surface area (Å²) in [4.78, 5) is 0. The Bertz CT molecular complexity index is 492. The molecule has 2 rings (SSSR count). The van der Waals surface area contributed by atoms with Crippen LogP contribution < -0.4 is 5.73 Å². The van der Waals surface area contributed by atoms with E-state index in [-0.39, 0.29) is 0 Å². The maximum atomic E-state index is 6.11. The third kappa shape index (κ3) is 2.40. The Balaban J connectivity index is 2.27. The second kappa shape index (κ2) is 4.91. The van der Waals surface area contributed by atoms with Crippen molar-refractivity contribution in [2.45, 2.75) is 13.1 Å². The normalized spacial score (nSPS) is 10.7. The fourth-order valence-electron chi connectivity index (χ4n) is 1.62. The summed E-state index contributed by atoms with van der Waals surface area (Å²) < 4.78 is 2.08. The van der Waals surface area contributed by atoms with Crippen molar-refractivity contribution in [3.63, 3.8) is 0 Å². The molecule has 0 fully saturated rings. The molecule has 0 atom stereocenters. The van der Waals surface area contributed by atoms with Crippen LogP contribution in [0.5, 0.6) is 0 Å². The Kier molecular flexibility index (Phi) is 3.54. The molecule has 0 aliphatic rings. The van der Waals surface area contributed by atoms with E-state index < -0.39 is 0 Å². The first-order chi connectivity index (χ1) is 7.70. The number of hydrogen-bond acceptors (Lipinski definition) is 1. The van der Waals surface area contributed by atoms with Crippen LogP contribution in [0.4, 0.5) is 0 Å². The fourth-order valence-corrected chi connectivity index (χ4v) is 2.09. The highest BCUT2D eigenvalue weighted by molar-refractivity contribution is 6.35. The van der Waals surface area contributed by atoms with Gasteiger partial charge in [0.05, 0.1) is 0 Å². The third-order valence-corrected chi connectivity index (χ3v) is 3.08. The molecule has 0 aliphatic heterocycles. The van der Waals surface area contributed by atoms with E-state index in [1.807, 2.05) is 30.5 Å². The lowest BCUT2D eigenvalue weighted by molar-refractivity contribution is 0.744. The van der Waals surface area contributed by atoms with Crippen LogP contribution in [0, 0.1) is 0 Å². The minimum absolute atomic E-state index is 0.526. The van der Waals surface area contributed by atoms with Crippen LogP contribution >= 0.6 is 23.2 Å². The zero-order valence-electron chi connectivity index (χ0n) is 8.66. The van der Waals surface area contributed by atoms with Gasteiger partial charge in [0.25, 0.3) is 0 Å². The number of halogens is 2. The van der Waals surface area contributed by atoms with Crippen molar-refractivity contribution in [1.29, 1.82) is 0 Å². The van der Waals surface area contributed by atoms with Crippen molar-refractivity contribution in [2.75, 3.05) is 0 Å². The molecule has 0 spiro atoms. The highest BCUT2D eigenvalue weighted by atomic mass is 35.5. The molecule has 0 saturated carbocycles. The number of nitrogens with two attached hydrogens (primary N) is 1. The van der Waals surface area contributed by atoms with Gasteiger partial charge in [-0.05, 0) is 29.8 Å². The SMILES string of the molecule is NCc1cccn1Cc1ccc(Cl)cc1Cl. The molecule has 2 N–H and O–H groups in total. The fraction of sp³-hybridized carbons (Fsp3) is 0.167. The van der Waals surface area contributed by atoms with Gasteiger partial charge in [0.1, 0.15) is 0 Å². The van der Waals surface area contributed by atoms with E-state index in [2.05, 4.69) is 4.57 Å². The van der Waals surface area contributed by atoms with Crippen LogP contribution in [-0.4, -0.2) is 4.57 Å². The first kappa shape index (κ1) is 11.5. The first-order valence-corrected chi connectivity index (χ1v) is 5.74. The highest BCUT2D eigenvalue weighted by Crippen LogP contribution is 2.22. The summed E-state index contributed by atoms with van der Waals surface area (Å²) in [6.07, 6.45) is 1.99. The summed E-state index contributed by atoms with van der Waals surface area (Å²) in [6.45, 7) is 1.24. The molecule has 2 nitrogen and oxygen atoms in total. The van der Waals surface area contributed by atoms with Crippen molar-refractivity contribution < 1.29 is 0 Å². The van der Waals surface area contributed by atoms with Gasteiger partial charge >= 0.3 is 0 Å². The zero-order chi connectivity index (χ0) is 11.5. The average Bonchev–Trinajstić information content (AvgIpc) is 2.69. The Morgan fingerprint density at radius 1 is 1.19 bits per heavy atom. The topological polar surface area (TPSA) is 30.9 Å². The van der Waals surface area contributed by atoms with E-state index in [0.29, 0.717) is 16.6 Å². The van der Waals surface area contributed by atoms with E-state index in [4.69, 9.17) is 28.9 Å². The summed E-state index contributed by atoms with van der Waals surface area (Å²) in [5.74, 6) is 0. The molecule has 16 heavy (non-hydrogen) atoms. The van der Waals surface area contributed by atoms with Gasteiger partial charge in [0, 0.05) is 35.0 Å². The van der Waals surface area contributed by atoms with Crippen molar-refractivity contribution in [3.05, 3.63) is 57.8 Å². The summed E-state index contributed by atoms with van der Waals surface area (Å²) in [7, 11) is 0. The molecule has 0 bridgehead atoms. The maximum Gasteiger partial charge on any atom is 0.0488 e. The van der Waals surface area contributed by atoms with Gasteiger partial charge < -0.3 is 10.3 Å². The van der Waals surface area contributed by atoms with Gasteiger partial charge in [-0.2, -0.15) is 0 Å². The molecule has 1 aromatic carbocycles. The first-order valence-electron chi connectivity index (χ1n) is 4.98. The van der Waals surface area contributed by atoms with E-state index in [0.717, 1.165) is 17.8 Å². The van der Waals surface area contributed by atoms with Crippen molar-refractivity contribution in [3.8, 4) is 0 Å². The van der Waals surface area contributed by atoms with Crippen LogP contribution in [0.1, 0.15) is 11.3 Å². The number of rotatable bonds is 3. The minimum Gasteiger partial charge on any atom is -0.346 e. The predicted molar refractivity (Wildman–Crippen MR) is 67.9 cm³/mol. The number of aromatic nitrogens is 1. The van der Waals surface area contributed by atoms with Crippen LogP contribution in [0.15, 0.2) is 36.5 Å². The lowest BCUT2D eigenvalue weighted by Gasteiger charge is -2.09. The van der Waals surface area contributed by atoms with E-state index in [1.54, 1.807) is 6.07 Å². The highest BCUT2D eigenvalue weighted by Gasteiger charge is 2.04. The quantitative estimate of drug-likeness (QED) is 0.896. The molecule has 0 amide bonds. The molecule has 0 radical (unpaired) electrons. The van der Waals surface area contributed by atoms with E-state index in [9.17, 15) is 0 Å². The number of hydrogen-bond donors (Lipinski definition) is 1. The van der Waals surface area contributed by atoms with E-state index in [1.165, 1.54) is 0 Å². The summed E-state index contributed by atoms with van der Waals surface area (Å²) in [5.41, 5.74) is 7.76. The number of nitrogens with zero attached hydrogens (tertiary/aromatic N) is 1. The minimum atomic E-state index is 0.526. The van der Waals surface area contributed by atoms with Crippen molar-refractivity contribution >= 4 is 23.2 Å². The van der Waals surface area contributed by atoms with Crippen molar-refractivity contribution in [2.24, 2.45) is 5.73 Å². The maximum absolute atomic E-state index is 6.11. The lowest BCUT2D eigenvalue weighted by Crippen LogP contribution is -2.07. The number of benzene rings is 1. The van der Waals surface area contributed by atoms with Crippen molar-refractivity contribution in [1.82, 2.24) is 4.57 Å². The largest absolute Gasteiger partial charge is 0.346 e. The molecule has 1 aromatic heterocycles. The Morgan fingerprint density at radius 2 is 2.00 bits per heavy atom. The van der Waals surface area contributed by atoms with Gasteiger partial charge in [-0.3, -0.25) is 0 Å². The van der Waals surface area contributed by atoms with Gasteiger partial charge in [0.2, 0.25) is 0 Å². The summed E-state index contributed by atoms with van der Waals surface area (Å²) >= 11 is 12.0. The Morgan fingerprint density at radius 3 is 2.69 bits per heavy atom. The molecule has 4 heteroatoms. The Hall–Kier alpha value is -0.960. The molecular formula is C12H12Cl2N2. The lowest BCUT2D eigenvalue weighted by atomic mass is 10.2. The summed E-state index contributed by atoms with van der Waals surface area (Å²) in [6, 6.07) is 9.51. The molecule has 2 aromatic rings. The molecule has 0 unspecified atom stereocenters. The van der Waals surface area contributed by atoms with Crippen LogP contribution in [0.25, 0.3) is 0 Å². The molecular weight excluding hydrogens is 243 g/mol. The van der Waals surface area contributed by atoms with Crippen LogP contribution in [0.2, 0.25) is 10.0 Å². The molecule has 1 heterocycles. The van der Waals surface area contributed by atoms with Crippen LogP contribution in [-0.2, 0) is 13.1 Å². The molecule has 0 aliphatic carbocycles. The van der Waals surface area contributed by atoms with Gasteiger partial charge in [0.15, 0.2) is 0 Å². The zero-order valence-corrected chi connectivity index (χ0v) is 10.2. The van der Waals surface area contributed by atoms with Gasteiger partial charge in [-0.1, -0.05) is 29.3 Å². The van der Waals surface area contributed by atoms with E-state index >= 15 is 0 Å². The predicted octanol–water partition coefficient (Wildman–Crippen LogP) is 3.30. The third-order valence-electron chi connectivity index (χ3n) is 2.49. The molecule has 0 saturated heterocycles. The second-order valence-electron chi connectivity index (χ2n) is 3.57.